The summed E-state index contributed by atoms with van der Waals surface area (Å²) in [5, 5.41) is 11.6. The molecule has 0 radical (unpaired) electrons. The first-order valence-electron chi connectivity index (χ1n) is 6.48. The molecule has 98 valence electrons. The average Bonchev–Trinajstić information content (AvgIpc) is 2.41. The number of benzene rings is 1. The van der Waals surface area contributed by atoms with Gasteiger partial charge in [0.05, 0.1) is 0 Å². The minimum atomic E-state index is 0.154. The number of hydrogen-bond acceptors (Lipinski definition) is 3. The third-order valence-corrected chi connectivity index (χ3v) is 3.98. The first-order valence-corrected chi connectivity index (χ1v) is 6.48. The molecule has 2 atom stereocenters. The molecule has 0 bridgehead atoms. The Morgan fingerprint density at radius 2 is 2.00 bits per heavy atom. The van der Waals surface area contributed by atoms with Crippen molar-refractivity contribution in [1.29, 1.82) is 0 Å². The van der Waals surface area contributed by atoms with Gasteiger partial charge >= 0.3 is 0 Å². The van der Waals surface area contributed by atoms with E-state index >= 15 is 0 Å². The van der Waals surface area contributed by atoms with Crippen LogP contribution in [0.25, 0.3) is 0 Å². The summed E-state index contributed by atoms with van der Waals surface area (Å²) in [7, 11) is 0. The lowest BCUT2D eigenvalue weighted by Gasteiger charge is -2.39. The molecule has 1 fully saturated rings. The lowest BCUT2D eigenvalue weighted by molar-refractivity contribution is 0.318. The Morgan fingerprint density at radius 1 is 1.33 bits per heavy atom. The fourth-order valence-electron chi connectivity index (χ4n) is 2.58. The van der Waals surface area contributed by atoms with Crippen LogP contribution in [-0.4, -0.2) is 23.6 Å². The van der Waals surface area contributed by atoms with Crippen molar-refractivity contribution in [2.24, 2.45) is 16.8 Å². The van der Waals surface area contributed by atoms with E-state index in [-0.39, 0.29) is 5.84 Å². The first-order chi connectivity index (χ1) is 8.63. The third kappa shape index (κ3) is 2.42. The second-order valence-corrected chi connectivity index (χ2v) is 5.09. The van der Waals surface area contributed by atoms with Crippen LogP contribution in [0.3, 0.4) is 0 Å². The summed E-state index contributed by atoms with van der Waals surface area (Å²) in [6.45, 7) is 5.69. The zero-order valence-electron chi connectivity index (χ0n) is 11.0. The topological polar surface area (TPSA) is 61.8 Å². The van der Waals surface area contributed by atoms with Gasteiger partial charge in [-0.05, 0) is 49.9 Å². The van der Waals surface area contributed by atoms with Crippen LogP contribution in [-0.2, 0) is 0 Å². The van der Waals surface area contributed by atoms with Crippen LogP contribution in [0.2, 0.25) is 0 Å². The molecule has 4 heteroatoms. The van der Waals surface area contributed by atoms with Crippen molar-refractivity contribution in [3.05, 3.63) is 29.8 Å². The van der Waals surface area contributed by atoms with E-state index < -0.39 is 0 Å². The van der Waals surface area contributed by atoms with Gasteiger partial charge in [-0.1, -0.05) is 12.1 Å². The Balaban J connectivity index is 2.19. The Morgan fingerprint density at radius 3 is 2.61 bits per heavy atom. The SMILES string of the molecule is CC1CCCN(c2ccc(C(N)=NO)cc2)C1C. The van der Waals surface area contributed by atoms with Crippen molar-refractivity contribution < 1.29 is 5.21 Å². The summed E-state index contributed by atoms with van der Waals surface area (Å²) in [5.41, 5.74) is 7.52. The predicted octanol–water partition coefficient (Wildman–Crippen LogP) is 2.41. The van der Waals surface area contributed by atoms with Gasteiger partial charge in [-0.3, -0.25) is 0 Å². The Bertz CT molecular complexity index is 427. The van der Waals surface area contributed by atoms with E-state index in [4.69, 9.17) is 10.9 Å². The van der Waals surface area contributed by atoms with E-state index in [9.17, 15) is 0 Å². The summed E-state index contributed by atoms with van der Waals surface area (Å²) < 4.78 is 0. The highest BCUT2D eigenvalue weighted by Crippen LogP contribution is 2.28. The van der Waals surface area contributed by atoms with E-state index in [1.54, 1.807) is 0 Å². The van der Waals surface area contributed by atoms with Crippen LogP contribution in [0.4, 0.5) is 5.69 Å². The maximum atomic E-state index is 8.64. The molecule has 0 aromatic heterocycles. The second kappa shape index (κ2) is 5.29. The molecule has 1 heterocycles. The van der Waals surface area contributed by atoms with Crippen molar-refractivity contribution in [1.82, 2.24) is 0 Å². The molecule has 1 aliphatic rings. The van der Waals surface area contributed by atoms with Gasteiger partial charge in [0.15, 0.2) is 5.84 Å². The molecule has 0 amide bonds. The van der Waals surface area contributed by atoms with E-state index in [1.165, 1.54) is 18.5 Å². The first kappa shape index (κ1) is 12.7. The van der Waals surface area contributed by atoms with Gasteiger partial charge in [0.2, 0.25) is 0 Å². The van der Waals surface area contributed by atoms with Crippen LogP contribution < -0.4 is 10.6 Å². The van der Waals surface area contributed by atoms with Crippen molar-refractivity contribution in [2.45, 2.75) is 32.7 Å². The highest BCUT2D eigenvalue weighted by molar-refractivity contribution is 5.97. The van der Waals surface area contributed by atoms with Crippen LogP contribution in [0.15, 0.2) is 29.4 Å². The molecule has 2 rings (SSSR count). The Hall–Kier alpha value is -1.71. The molecule has 4 nitrogen and oxygen atoms in total. The molecule has 1 saturated heterocycles. The minimum Gasteiger partial charge on any atom is -0.409 e. The summed E-state index contributed by atoms with van der Waals surface area (Å²) in [4.78, 5) is 2.43. The molecule has 1 aliphatic heterocycles. The molecule has 18 heavy (non-hydrogen) atoms. The number of anilines is 1. The maximum Gasteiger partial charge on any atom is 0.170 e. The lowest BCUT2D eigenvalue weighted by atomic mass is 9.91. The Kier molecular flexibility index (Phi) is 3.75. The van der Waals surface area contributed by atoms with Crippen LogP contribution in [0.1, 0.15) is 32.3 Å². The number of piperidine rings is 1. The summed E-state index contributed by atoms with van der Waals surface area (Å²) in [6, 6.07) is 8.45. The smallest absolute Gasteiger partial charge is 0.170 e. The zero-order chi connectivity index (χ0) is 13.1. The quantitative estimate of drug-likeness (QED) is 0.365. The number of rotatable bonds is 2. The van der Waals surface area contributed by atoms with E-state index in [0.29, 0.717) is 6.04 Å². The molecule has 1 aromatic rings. The van der Waals surface area contributed by atoms with Gasteiger partial charge in [0.1, 0.15) is 0 Å². The predicted molar refractivity (Wildman–Crippen MR) is 74.2 cm³/mol. The van der Waals surface area contributed by atoms with E-state index in [1.807, 2.05) is 24.3 Å². The highest BCUT2D eigenvalue weighted by atomic mass is 16.4. The number of nitrogens with zero attached hydrogens (tertiary/aromatic N) is 2. The van der Waals surface area contributed by atoms with Crippen LogP contribution in [0, 0.1) is 5.92 Å². The number of hydrogen-bond donors (Lipinski definition) is 2. The lowest BCUT2D eigenvalue weighted by Crippen LogP contribution is -2.42. The van der Waals surface area contributed by atoms with Crippen molar-refractivity contribution >= 4 is 11.5 Å². The Labute approximate surface area is 108 Å². The van der Waals surface area contributed by atoms with Gasteiger partial charge < -0.3 is 15.8 Å². The van der Waals surface area contributed by atoms with Crippen molar-refractivity contribution in [3.63, 3.8) is 0 Å². The molecule has 3 N–H and O–H groups in total. The molecule has 0 aliphatic carbocycles. The fraction of sp³-hybridized carbons (Fsp3) is 0.500. The summed E-state index contributed by atoms with van der Waals surface area (Å²) in [6.07, 6.45) is 2.55. The summed E-state index contributed by atoms with van der Waals surface area (Å²) >= 11 is 0. The van der Waals surface area contributed by atoms with Gasteiger partial charge in [0.25, 0.3) is 0 Å². The maximum absolute atomic E-state index is 8.64. The number of oxime groups is 1. The minimum absolute atomic E-state index is 0.154. The standard InChI is InChI=1S/C14H21N3O/c1-10-4-3-9-17(11(10)2)13-7-5-12(6-8-13)14(15)16-18/h5-8,10-11,18H,3-4,9H2,1-2H3,(H2,15,16). The molecule has 2 unspecified atom stereocenters. The van der Waals surface area contributed by atoms with E-state index in [0.717, 1.165) is 18.0 Å². The average molecular weight is 247 g/mol. The second-order valence-electron chi connectivity index (χ2n) is 5.09. The zero-order valence-corrected chi connectivity index (χ0v) is 11.0. The third-order valence-electron chi connectivity index (χ3n) is 3.98. The summed E-state index contributed by atoms with van der Waals surface area (Å²) in [5.74, 6) is 0.879. The fourth-order valence-corrected chi connectivity index (χ4v) is 2.58. The van der Waals surface area contributed by atoms with Gasteiger partial charge in [-0.2, -0.15) is 0 Å². The largest absolute Gasteiger partial charge is 0.409 e. The monoisotopic (exact) mass is 247 g/mol. The molecule has 0 spiro atoms. The van der Waals surface area contributed by atoms with Gasteiger partial charge in [-0.25, -0.2) is 0 Å². The number of amidine groups is 1. The number of nitrogens with two attached hydrogens (primary N) is 1. The molecule has 1 aromatic carbocycles. The molecular formula is C14H21N3O. The highest BCUT2D eigenvalue weighted by Gasteiger charge is 2.24. The van der Waals surface area contributed by atoms with Gasteiger partial charge in [-0.15, -0.1) is 0 Å². The van der Waals surface area contributed by atoms with Crippen LogP contribution >= 0.6 is 0 Å². The normalized spacial score (nSPS) is 25.2. The van der Waals surface area contributed by atoms with Crippen molar-refractivity contribution in [3.8, 4) is 0 Å². The molecular weight excluding hydrogens is 226 g/mol. The van der Waals surface area contributed by atoms with Crippen LogP contribution in [0.5, 0.6) is 0 Å². The molecule has 0 saturated carbocycles. The van der Waals surface area contributed by atoms with Crippen molar-refractivity contribution in [2.75, 3.05) is 11.4 Å². The van der Waals surface area contributed by atoms with Gasteiger partial charge in [0, 0.05) is 23.8 Å². The van der Waals surface area contributed by atoms with E-state index in [2.05, 4.69) is 23.9 Å².